The predicted molar refractivity (Wildman–Crippen MR) is 91.6 cm³/mol. The molecule has 0 N–H and O–H groups in total. The van der Waals surface area contributed by atoms with Gasteiger partial charge in [0, 0.05) is 27.2 Å². The number of likely N-dealkylation sites (tertiary alicyclic amines) is 1. The minimum absolute atomic E-state index is 0.0358. The molecule has 2 saturated heterocycles. The molecular weight excluding hydrogens is 306 g/mol. The largest absolute Gasteiger partial charge is 0.374 e. The van der Waals surface area contributed by atoms with Gasteiger partial charge in [0.15, 0.2) is 0 Å². The van der Waals surface area contributed by atoms with Gasteiger partial charge in [0.2, 0.25) is 11.8 Å². The minimum atomic E-state index is 0.0358. The third-order valence-electron chi connectivity index (χ3n) is 5.71. The molecule has 0 radical (unpaired) electrons. The van der Waals surface area contributed by atoms with Gasteiger partial charge in [-0.3, -0.25) is 14.5 Å². The Bertz CT molecular complexity index is 466. The summed E-state index contributed by atoms with van der Waals surface area (Å²) < 4.78 is 5.87. The molecule has 2 aliphatic heterocycles. The number of nitrogens with zero attached hydrogens (tertiary/aromatic N) is 3. The lowest BCUT2D eigenvalue weighted by atomic mass is 9.90. The lowest BCUT2D eigenvalue weighted by molar-refractivity contribution is -0.151. The highest BCUT2D eigenvalue weighted by Gasteiger charge is 2.37. The average molecular weight is 337 g/mol. The van der Waals surface area contributed by atoms with Gasteiger partial charge in [-0.1, -0.05) is 12.8 Å². The fraction of sp³-hybridized carbons (Fsp3) is 0.889. The number of ether oxygens (including phenoxy) is 1. The van der Waals surface area contributed by atoms with E-state index in [1.165, 1.54) is 12.8 Å². The molecule has 3 aliphatic rings. The summed E-state index contributed by atoms with van der Waals surface area (Å²) in [6.07, 6.45) is 6.72. The molecule has 2 heterocycles. The van der Waals surface area contributed by atoms with Gasteiger partial charge in [-0.15, -0.1) is 0 Å². The van der Waals surface area contributed by atoms with Crippen LogP contribution in [-0.4, -0.2) is 85.5 Å². The topological polar surface area (TPSA) is 53.1 Å². The average Bonchev–Trinajstić information content (AvgIpc) is 2.60. The SMILES string of the molecule is CN(C)C(=O)C1CCCN(CC(=O)N2CCOC3CCCCC32)C1. The van der Waals surface area contributed by atoms with Crippen LogP contribution >= 0.6 is 0 Å². The Morgan fingerprint density at radius 1 is 1.08 bits per heavy atom. The maximum atomic E-state index is 12.9. The minimum Gasteiger partial charge on any atom is -0.374 e. The van der Waals surface area contributed by atoms with Crippen LogP contribution in [0, 0.1) is 5.92 Å². The number of amides is 2. The lowest BCUT2D eigenvalue weighted by Gasteiger charge is -2.44. The van der Waals surface area contributed by atoms with Crippen molar-refractivity contribution in [3.05, 3.63) is 0 Å². The Balaban J connectivity index is 1.56. The van der Waals surface area contributed by atoms with Crippen LogP contribution in [0.3, 0.4) is 0 Å². The predicted octanol–water partition coefficient (Wildman–Crippen LogP) is 0.957. The van der Waals surface area contributed by atoms with Crippen LogP contribution in [0.5, 0.6) is 0 Å². The van der Waals surface area contributed by atoms with Crippen molar-refractivity contribution < 1.29 is 14.3 Å². The molecule has 0 aromatic heterocycles. The number of hydrogen-bond donors (Lipinski definition) is 0. The molecule has 24 heavy (non-hydrogen) atoms. The molecule has 3 rings (SSSR count). The Morgan fingerprint density at radius 2 is 1.88 bits per heavy atom. The van der Waals surface area contributed by atoms with Crippen molar-refractivity contribution >= 4 is 11.8 Å². The van der Waals surface area contributed by atoms with Gasteiger partial charge in [0.25, 0.3) is 0 Å². The third-order valence-corrected chi connectivity index (χ3v) is 5.71. The van der Waals surface area contributed by atoms with Gasteiger partial charge in [0.05, 0.1) is 31.2 Å². The second kappa shape index (κ2) is 7.83. The Morgan fingerprint density at radius 3 is 2.67 bits per heavy atom. The van der Waals surface area contributed by atoms with Crippen LogP contribution in [0.2, 0.25) is 0 Å². The van der Waals surface area contributed by atoms with Crippen molar-refractivity contribution in [1.82, 2.24) is 14.7 Å². The molecule has 3 fully saturated rings. The van der Waals surface area contributed by atoms with Gasteiger partial charge >= 0.3 is 0 Å². The fourth-order valence-corrected chi connectivity index (χ4v) is 4.45. The van der Waals surface area contributed by atoms with Gasteiger partial charge < -0.3 is 14.5 Å². The van der Waals surface area contributed by atoms with Crippen LogP contribution in [0.4, 0.5) is 0 Å². The molecule has 2 amide bonds. The summed E-state index contributed by atoms with van der Waals surface area (Å²) in [6.45, 7) is 3.45. The van der Waals surface area contributed by atoms with Crippen molar-refractivity contribution in [2.24, 2.45) is 5.92 Å². The van der Waals surface area contributed by atoms with Gasteiger partial charge in [-0.25, -0.2) is 0 Å². The summed E-state index contributed by atoms with van der Waals surface area (Å²) in [5, 5.41) is 0. The second-order valence-electron chi connectivity index (χ2n) is 7.66. The third kappa shape index (κ3) is 3.91. The van der Waals surface area contributed by atoms with Crippen molar-refractivity contribution in [1.29, 1.82) is 0 Å². The van der Waals surface area contributed by atoms with Crippen molar-refractivity contribution in [3.8, 4) is 0 Å². The van der Waals surface area contributed by atoms with Crippen LogP contribution < -0.4 is 0 Å². The van der Waals surface area contributed by atoms with Crippen molar-refractivity contribution in [2.75, 3.05) is 46.9 Å². The van der Waals surface area contributed by atoms with Gasteiger partial charge in [0.1, 0.15) is 0 Å². The number of fused-ring (bicyclic) bond motifs is 1. The summed E-state index contributed by atoms with van der Waals surface area (Å²) in [5.74, 6) is 0.438. The van der Waals surface area contributed by atoms with E-state index >= 15 is 0 Å². The van der Waals surface area contributed by atoms with Gasteiger partial charge in [-0.2, -0.15) is 0 Å². The van der Waals surface area contributed by atoms with Gasteiger partial charge in [-0.05, 0) is 32.2 Å². The van der Waals surface area contributed by atoms with E-state index in [9.17, 15) is 9.59 Å². The summed E-state index contributed by atoms with van der Waals surface area (Å²) in [5.41, 5.74) is 0. The maximum absolute atomic E-state index is 12.9. The molecule has 136 valence electrons. The molecule has 6 heteroatoms. The first-order valence-corrected chi connectivity index (χ1v) is 9.41. The smallest absolute Gasteiger partial charge is 0.237 e. The number of hydrogen-bond acceptors (Lipinski definition) is 4. The maximum Gasteiger partial charge on any atom is 0.237 e. The highest BCUT2D eigenvalue weighted by atomic mass is 16.5. The molecule has 3 atom stereocenters. The van der Waals surface area contributed by atoms with Crippen molar-refractivity contribution in [2.45, 2.75) is 50.7 Å². The molecule has 1 aliphatic carbocycles. The van der Waals surface area contributed by atoms with E-state index in [4.69, 9.17) is 4.74 Å². The van der Waals surface area contributed by atoms with Crippen LogP contribution in [-0.2, 0) is 14.3 Å². The molecule has 1 saturated carbocycles. The van der Waals surface area contributed by atoms with E-state index in [-0.39, 0.29) is 29.9 Å². The first-order chi connectivity index (χ1) is 11.6. The summed E-state index contributed by atoms with van der Waals surface area (Å²) in [6, 6.07) is 0.268. The van der Waals surface area contributed by atoms with E-state index in [1.54, 1.807) is 4.90 Å². The fourth-order valence-electron chi connectivity index (χ4n) is 4.45. The van der Waals surface area contributed by atoms with E-state index in [0.29, 0.717) is 26.2 Å². The summed E-state index contributed by atoms with van der Waals surface area (Å²) in [7, 11) is 3.62. The second-order valence-corrected chi connectivity index (χ2v) is 7.66. The molecule has 3 unspecified atom stereocenters. The van der Waals surface area contributed by atoms with Crippen LogP contribution in [0.25, 0.3) is 0 Å². The van der Waals surface area contributed by atoms with Crippen molar-refractivity contribution in [3.63, 3.8) is 0 Å². The molecule has 0 aromatic carbocycles. The summed E-state index contributed by atoms with van der Waals surface area (Å²) in [4.78, 5) is 31.0. The monoisotopic (exact) mass is 337 g/mol. The highest BCUT2D eigenvalue weighted by Crippen LogP contribution is 2.28. The quantitative estimate of drug-likeness (QED) is 0.770. The van der Waals surface area contributed by atoms with Crippen LogP contribution in [0.15, 0.2) is 0 Å². The first kappa shape index (κ1) is 17.7. The Labute approximate surface area is 145 Å². The molecule has 0 aromatic rings. The molecule has 0 spiro atoms. The molecular formula is C18H31N3O3. The highest BCUT2D eigenvalue weighted by molar-refractivity contribution is 5.80. The number of piperidine rings is 1. The lowest BCUT2D eigenvalue weighted by Crippen LogP contribution is -2.57. The Hall–Kier alpha value is -1.14. The molecule has 6 nitrogen and oxygen atoms in total. The molecule has 0 bridgehead atoms. The zero-order valence-corrected chi connectivity index (χ0v) is 15.1. The zero-order valence-electron chi connectivity index (χ0n) is 15.1. The zero-order chi connectivity index (χ0) is 17.1. The number of carbonyl (C=O) groups excluding carboxylic acids is 2. The normalized spacial score (nSPS) is 31.4. The van der Waals surface area contributed by atoms with E-state index < -0.39 is 0 Å². The first-order valence-electron chi connectivity index (χ1n) is 9.41. The standard InChI is InChI=1S/C18H31N3O3/c1-19(2)18(23)14-6-5-9-20(12-14)13-17(22)21-10-11-24-16-8-4-3-7-15(16)21/h14-16H,3-13H2,1-2H3. The van der Waals surface area contributed by atoms with E-state index in [0.717, 1.165) is 32.2 Å². The van der Waals surface area contributed by atoms with E-state index in [1.807, 2.05) is 14.1 Å². The summed E-state index contributed by atoms with van der Waals surface area (Å²) >= 11 is 0. The van der Waals surface area contributed by atoms with E-state index in [2.05, 4.69) is 9.80 Å². The van der Waals surface area contributed by atoms with Crippen LogP contribution in [0.1, 0.15) is 38.5 Å². The number of morpholine rings is 1. The number of carbonyl (C=O) groups is 2. The Kier molecular flexibility index (Phi) is 5.76. The number of rotatable bonds is 3.